The number of pyridine rings is 1. The Morgan fingerprint density at radius 3 is 2.94 bits per heavy atom. The molecular weight excluding hydrogens is 430 g/mol. The molecule has 0 aromatic carbocycles. The van der Waals surface area contributed by atoms with Crippen LogP contribution in [0, 0.1) is 12.8 Å². The van der Waals surface area contributed by atoms with Crippen LogP contribution in [0.5, 0.6) is 0 Å². The van der Waals surface area contributed by atoms with Gasteiger partial charge >= 0.3 is 0 Å². The Labute approximate surface area is 191 Å². The van der Waals surface area contributed by atoms with E-state index in [0.29, 0.717) is 29.5 Å². The molecular formula is C22H28ClN7O2. The molecule has 0 unspecified atom stereocenters. The van der Waals surface area contributed by atoms with E-state index in [-0.39, 0.29) is 23.8 Å². The van der Waals surface area contributed by atoms with Gasteiger partial charge in [-0.3, -0.25) is 14.2 Å². The standard InChI is InChI=1S/C22H28ClN7O2/c1-14-8-27-21(25-6-2-5-24-9-15-3-4-15)22(32)30(14)13-19(31)26-10-16-7-17-18(23)12-29-20(17)28-11-16/h7-8,11-12,15,24H,2-6,9-10,13H2,1H3,(H,25,27)(H,26,31)(H,28,29). The molecule has 32 heavy (non-hydrogen) atoms. The number of anilines is 1. The highest BCUT2D eigenvalue weighted by Gasteiger charge is 2.19. The van der Waals surface area contributed by atoms with Crippen LogP contribution in [0.1, 0.15) is 30.5 Å². The molecule has 3 aromatic rings. The van der Waals surface area contributed by atoms with E-state index in [1.54, 1.807) is 25.5 Å². The van der Waals surface area contributed by atoms with Crippen molar-refractivity contribution in [3.05, 3.63) is 51.3 Å². The predicted octanol–water partition coefficient (Wildman–Crippen LogP) is 2.20. The molecule has 0 bridgehead atoms. The number of amides is 1. The summed E-state index contributed by atoms with van der Waals surface area (Å²) in [5, 5.41) is 10.7. The van der Waals surface area contributed by atoms with Crippen LogP contribution in [-0.2, 0) is 17.9 Å². The average molecular weight is 458 g/mol. The minimum atomic E-state index is -0.298. The first-order valence-corrected chi connectivity index (χ1v) is 11.3. The number of nitrogens with one attached hydrogen (secondary N) is 4. The zero-order valence-corrected chi connectivity index (χ0v) is 18.8. The highest BCUT2D eigenvalue weighted by atomic mass is 35.5. The third kappa shape index (κ3) is 5.66. The van der Waals surface area contributed by atoms with E-state index in [1.165, 1.54) is 17.4 Å². The van der Waals surface area contributed by atoms with Crippen LogP contribution in [0.15, 0.2) is 29.5 Å². The molecule has 4 N–H and O–H groups in total. The molecule has 0 aliphatic heterocycles. The van der Waals surface area contributed by atoms with Crippen molar-refractivity contribution in [1.29, 1.82) is 0 Å². The molecule has 0 saturated heterocycles. The van der Waals surface area contributed by atoms with Crippen molar-refractivity contribution >= 4 is 34.4 Å². The van der Waals surface area contributed by atoms with Gasteiger partial charge in [0.15, 0.2) is 5.82 Å². The molecule has 1 aliphatic rings. The molecule has 10 heteroatoms. The van der Waals surface area contributed by atoms with Crippen LogP contribution in [0.2, 0.25) is 5.02 Å². The van der Waals surface area contributed by atoms with Gasteiger partial charge in [0.25, 0.3) is 5.56 Å². The lowest BCUT2D eigenvalue weighted by atomic mass is 10.2. The number of carbonyl (C=O) groups is 1. The number of fused-ring (bicyclic) bond motifs is 1. The van der Waals surface area contributed by atoms with E-state index in [2.05, 4.69) is 30.9 Å². The predicted molar refractivity (Wildman–Crippen MR) is 125 cm³/mol. The van der Waals surface area contributed by atoms with Crippen LogP contribution in [-0.4, -0.2) is 45.1 Å². The summed E-state index contributed by atoms with van der Waals surface area (Å²) >= 11 is 6.13. The van der Waals surface area contributed by atoms with Crippen molar-refractivity contribution in [2.75, 3.05) is 25.0 Å². The number of hydrogen-bond donors (Lipinski definition) is 4. The molecule has 3 heterocycles. The molecule has 0 atom stereocenters. The maximum atomic E-state index is 12.8. The van der Waals surface area contributed by atoms with Crippen molar-refractivity contribution in [1.82, 2.24) is 30.2 Å². The Morgan fingerprint density at radius 1 is 1.28 bits per heavy atom. The molecule has 1 amide bonds. The highest BCUT2D eigenvalue weighted by molar-refractivity contribution is 6.35. The Balaban J connectivity index is 1.29. The summed E-state index contributed by atoms with van der Waals surface area (Å²) in [6.45, 7) is 4.60. The van der Waals surface area contributed by atoms with Gasteiger partial charge in [-0.1, -0.05) is 11.6 Å². The summed E-state index contributed by atoms with van der Waals surface area (Å²) in [7, 11) is 0. The van der Waals surface area contributed by atoms with Crippen LogP contribution < -0.4 is 21.5 Å². The molecule has 1 aliphatic carbocycles. The van der Waals surface area contributed by atoms with Crippen molar-refractivity contribution in [2.24, 2.45) is 5.92 Å². The summed E-state index contributed by atoms with van der Waals surface area (Å²) in [6.07, 6.45) is 8.52. The quantitative estimate of drug-likeness (QED) is 0.328. The van der Waals surface area contributed by atoms with Gasteiger partial charge in [-0.15, -0.1) is 0 Å². The lowest BCUT2D eigenvalue weighted by Gasteiger charge is -2.13. The second kappa shape index (κ2) is 10.1. The van der Waals surface area contributed by atoms with Crippen LogP contribution >= 0.6 is 11.6 Å². The van der Waals surface area contributed by atoms with Gasteiger partial charge in [-0.05, 0) is 56.8 Å². The number of carbonyl (C=O) groups excluding carboxylic acids is 1. The Bertz CT molecular complexity index is 1150. The molecule has 0 radical (unpaired) electrons. The van der Waals surface area contributed by atoms with E-state index in [9.17, 15) is 9.59 Å². The molecule has 0 spiro atoms. The number of aromatic nitrogens is 4. The fourth-order valence-corrected chi connectivity index (χ4v) is 3.65. The topological polar surface area (TPSA) is 117 Å². The minimum Gasteiger partial charge on any atom is -0.365 e. The maximum Gasteiger partial charge on any atom is 0.293 e. The van der Waals surface area contributed by atoms with Gasteiger partial charge in [0, 0.05) is 42.8 Å². The first-order chi connectivity index (χ1) is 15.5. The normalized spacial score (nSPS) is 13.4. The minimum absolute atomic E-state index is 0.0780. The van der Waals surface area contributed by atoms with E-state index in [1.807, 2.05) is 6.07 Å². The molecule has 4 rings (SSSR count). The molecule has 1 fully saturated rings. The third-order valence-corrected chi connectivity index (χ3v) is 5.85. The SMILES string of the molecule is Cc1cnc(NCCCNCC2CC2)c(=O)n1CC(=O)NCc1cnc2[nH]cc(Cl)c2c1. The summed E-state index contributed by atoms with van der Waals surface area (Å²) in [6, 6.07) is 1.88. The van der Waals surface area contributed by atoms with Gasteiger partial charge in [0.05, 0.1) is 5.02 Å². The Hall–Kier alpha value is -2.91. The average Bonchev–Trinajstić information content (AvgIpc) is 3.55. The molecule has 9 nitrogen and oxygen atoms in total. The fourth-order valence-electron chi connectivity index (χ4n) is 3.45. The Kier molecular flexibility index (Phi) is 7.06. The second-order valence-corrected chi connectivity index (χ2v) is 8.63. The summed E-state index contributed by atoms with van der Waals surface area (Å²) in [4.78, 5) is 36.8. The van der Waals surface area contributed by atoms with Gasteiger partial charge in [0.2, 0.25) is 5.91 Å². The smallest absolute Gasteiger partial charge is 0.293 e. The highest BCUT2D eigenvalue weighted by Crippen LogP contribution is 2.27. The van der Waals surface area contributed by atoms with Crippen LogP contribution in [0.4, 0.5) is 5.82 Å². The van der Waals surface area contributed by atoms with E-state index >= 15 is 0 Å². The lowest BCUT2D eigenvalue weighted by Crippen LogP contribution is -2.34. The van der Waals surface area contributed by atoms with Crippen molar-refractivity contribution < 1.29 is 4.79 Å². The van der Waals surface area contributed by atoms with Gasteiger partial charge < -0.3 is 20.9 Å². The molecule has 170 valence electrons. The number of halogens is 1. The molecule has 3 aromatic heterocycles. The Morgan fingerprint density at radius 2 is 2.12 bits per heavy atom. The molecule has 1 saturated carbocycles. The number of nitrogens with zero attached hydrogens (tertiary/aromatic N) is 3. The number of hydrogen-bond acceptors (Lipinski definition) is 6. The van der Waals surface area contributed by atoms with Crippen LogP contribution in [0.25, 0.3) is 11.0 Å². The lowest BCUT2D eigenvalue weighted by molar-refractivity contribution is -0.121. The van der Waals surface area contributed by atoms with E-state index in [0.717, 1.165) is 36.4 Å². The summed E-state index contributed by atoms with van der Waals surface area (Å²) < 4.78 is 1.43. The summed E-state index contributed by atoms with van der Waals surface area (Å²) in [5.41, 5.74) is 1.85. The zero-order valence-electron chi connectivity index (χ0n) is 18.1. The van der Waals surface area contributed by atoms with Gasteiger partial charge in [-0.25, -0.2) is 9.97 Å². The van der Waals surface area contributed by atoms with Crippen LogP contribution in [0.3, 0.4) is 0 Å². The van der Waals surface area contributed by atoms with Crippen molar-refractivity contribution in [2.45, 2.75) is 39.3 Å². The largest absolute Gasteiger partial charge is 0.365 e. The van der Waals surface area contributed by atoms with Crippen molar-refractivity contribution in [3.63, 3.8) is 0 Å². The van der Waals surface area contributed by atoms with Gasteiger partial charge in [0.1, 0.15) is 12.2 Å². The first-order valence-electron chi connectivity index (χ1n) is 10.9. The number of H-pyrrole nitrogens is 1. The second-order valence-electron chi connectivity index (χ2n) is 8.22. The van der Waals surface area contributed by atoms with Crippen molar-refractivity contribution in [3.8, 4) is 0 Å². The fraction of sp³-hybridized carbons (Fsp3) is 0.455. The maximum absolute atomic E-state index is 12.8. The zero-order chi connectivity index (χ0) is 22.5. The van der Waals surface area contributed by atoms with Gasteiger partial charge in [-0.2, -0.15) is 0 Å². The van der Waals surface area contributed by atoms with E-state index < -0.39 is 0 Å². The number of aryl methyl sites for hydroxylation is 1. The first kappa shape index (κ1) is 22.3. The summed E-state index contributed by atoms with van der Waals surface area (Å²) in [5.74, 6) is 0.852. The monoisotopic (exact) mass is 457 g/mol. The number of rotatable bonds is 11. The number of aromatic amines is 1. The van der Waals surface area contributed by atoms with E-state index in [4.69, 9.17) is 11.6 Å². The third-order valence-electron chi connectivity index (χ3n) is 5.54.